The molecule has 1 saturated heterocycles. The van der Waals surface area contributed by atoms with Gasteiger partial charge in [0, 0.05) is 12.6 Å². The van der Waals surface area contributed by atoms with Crippen molar-refractivity contribution in [2.45, 2.75) is 18.5 Å². The van der Waals surface area contributed by atoms with Crippen LogP contribution in [0.2, 0.25) is 0 Å². The van der Waals surface area contributed by atoms with Gasteiger partial charge in [-0.1, -0.05) is 0 Å². The predicted octanol–water partition coefficient (Wildman–Crippen LogP) is 3.27. The van der Waals surface area contributed by atoms with Gasteiger partial charge in [-0.3, -0.25) is 4.79 Å². The molecule has 1 aliphatic rings. The minimum Gasteiger partial charge on any atom is -0.376 e. The molecule has 0 radical (unpaired) electrons. The molecule has 1 atom stereocenters. The first-order valence-corrected chi connectivity index (χ1v) is 7.50. The van der Waals surface area contributed by atoms with Crippen LogP contribution in [0.4, 0.5) is 26.3 Å². The van der Waals surface area contributed by atoms with Gasteiger partial charge in [0.05, 0.1) is 37.1 Å². The van der Waals surface area contributed by atoms with Crippen LogP contribution in [0.1, 0.15) is 16.7 Å². The van der Waals surface area contributed by atoms with Crippen LogP contribution in [-0.4, -0.2) is 38.4 Å². The molecular weight excluding hydrogens is 368 g/mol. The van der Waals surface area contributed by atoms with Crippen LogP contribution < -0.4 is 5.32 Å². The summed E-state index contributed by atoms with van der Waals surface area (Å²) in [5, 5.41) is 2.44. The van der Waals surface area contributed by atoms with E-state index in [1.54, 1.807) is 0 Å². The van der Waals surface area contributed by atoms with Crippen molar-refractivity contribution in [3.05, 3.63) is 41.0 Å². The lowest BCUT2D eigenvalue weighted by atomic mass is 10.0. The summed E-state index contributed by atoms with van der Waals surface area (Å²) in [7, 11) is 0. The molecule has 0 aliphatic carbocycles. The lowest BCUT2D eigenvalue weighted by molar-refractivity contribution is -0.143. The Morgan fingerprint density at radius 2 is 1.69 bits per heavy atom. The molecule has 10 heteroatoms. The van der Waals surface area contributed by atoms with Crippen molar-refractivity contribution in [1.29, 1.82) is 0 Å². The number of alkyl halides is 6. The average molecular weight is 383 g/mol. The summed E-state index contributed by atoms with van der Waals surface area (Å²) in [6.07, 6.45) is -8.49. The van der Waals surface area contributed by atoms with E-state index in [1.165, 1.54) is 0 Å². The second-order valence-electron chi connectivity index (χ2n) is 5.49. The highest BCUT2D eigenvalue weighted by molar-refractivity contribution is 5.91. The molecule has 0 bridgehead atoms. The van der Waals surface area contributed by atoms with Crippen molar-refractivity contribution in [3.8, 4) is 0 Å². The molecule has 1 aromatic rings. The van der Waals surface area contributed by atoms with Crippen LogP contribution in [0.3, 0.4) is 0 Å². The number of hydrogen-bond donors (Lipinski definition) is 1. The fourth-order valence-electron chi connectivity index (χ4n) is 2.17. The number of benzene rings is 1. The van der Waals surface area contributed by atoms with Gasteiger partial charge in [0.15, 0.2) is 0 Å². The van der Waals surface area contributed by atoms with E-state index in [-0.39, 0.29) is 30.9 Å². The van der Waals surface area contributed by atoms with E-state index < -0.39 is 29.4 Å². The minimum absolute atomic E-state index is 0.0256. The zero-order chi connectivity index (χ0) is 19.4. The quantitative estimate of drug-likeness (QED) is 0.641. The van der Waals surface area contributed by atoms with Gasteiger partial charge in [0.2, 0.25) is 5.91 Å². The van der Waals surface area contributed by atoms with E-state index in [1.807, 2.05) is 0 Å². The summed E-state index contributed by atoms with van der Waals surface area (Å²) in [5.41, 5.74) is -3.28. The van der Waals surface area contributed by atoms with Crippen molar-refractivity contribution in [3.63, 3.8) is 0 Å². The van der Waals surface area contributed by atoms with E-state index in [4.69, 9.17) is 9.47 Å². The van der Waals surface area contributed by atoms with Gasteiger partial charge in [-0.15, -0.1) is 0 Å². The number of carbonyl (C=O) groups excluding carboxylic acids is 1. The van der Waals surface area contributed by atoms with Crippen molar-refractivity contribution in [1.82, 2.24) is 5.32 Å². The second kappa shape index (κ2) is 8.09. The molecule has 1 amide bonds. The van der Waals surface area contributed by atoms with E-state index in [0.717, 1.165) is 12.2 Å². The third-order valence-electron chi connectivity index (χ3n) is 3.43. The lowest BCUT2D eigenvalue weighted by Gasteiger charge is -2.22. The molecule has 0 saturated carbocycles. The molecule has 0 aromatic heterocycles. The highest BCUT2D eigenvalue weighted by Gasteiger charge is 2.36. The smallest absolute Gasteiger partial charge is 0.376 e. The lowest BCUT2D eigenvalue weighted by Crippen LogP contribution is -2.39. The molecule has 144 valence electrons. The molecule has 1 aliphatic heterocycles. The van der Waals surface area contributed by atoms with Crippen molar-refractivity contribution < 1.29 is 40.6 Å². The fraction of sp³-hybridized carbons (Fsp3) is 0.438. The molecule has 26 heavy (non-hydrogen) atoms. The number of halogens is 6. The Hall–Kier alpha value is -2.07. The second-order valence-corrected chi connectivity index (χ2v) is 5.49. The van der Waals surface area contributed by atoms with Crippen molar-refractivity contribution in [2.24, 2.45) is 0 Å². The summed E-state index contributed by atoms with van der Waals surface area (Å²) in [6, 6.07) is 1.10. The number of carbonyl (C=O) groups is 1. The Balaban J connectivity index is 2.09. The molecular formula is C16H15F6NO3. The van der Waals surface area contributed by atoms with E-state index in [9.17, 15) is 31.1 Å². The topological polar surface area (TPSA) is 47.6 Å². The predicted molar refractivity (Wildman–Crippen MR) is 79.0 cm³/mol. The van der Waals surface area contributed by atoms with Crippen LogP contribution in [-0.2, 0) is 26.6 Å². The number of rotatable bonds is 4. The van der Waals surface area contributed by atoms with Crippen molar-refractivity contribution in [2.75, 3.05) is 26.4 Å². The standard InChI is InChI=1S/C16H15F6NO3/c17-15(18,19)11-5-10(6-12(7-11)16(20,21)22)1-2-14(24)23-8-13-9-25-3-4-26-13/h1-2,5-7,13H,3-4,8-9H2,(H,23,24). The Kier molecular flexibility index (Phi) is 6.30. The number of amides is 1. The molecule has 0 spiro atoms. The van der Waals surface area contributed by atoms with Crippen LogP contribution in [0, 0.1) is 0 Å². The SMILES string of the molecule is O=C(C=Cc1cc(C(F)(F)F)cc(C(F)(F)F)c1)NCC1COCCO1. The molecule has 4 nitrogen and oxygen atoms in total. The van der Waals surface area contributed by atoms with Gasteiger partial charge in [-0.05, 0) is 29.8 Å². The van der Waals surface area contributed by atoms with Crippen LogP contribution in [0.25, 0.3) is 6.08 Å². The first kappa shape index (κ1) is 20.2. The highest BCUT2D eigenvalue weighted by Crippen LogP contribution is 2.36. The largest absolute Gasteiger partial charge is 0.416 e. The number of ether oxygens (including phenoxy) is 2. The third-order valence-corrected chi connectivity index (χ3v) is 3.43. The van der Waals surface area contributed by atoms with E-state index in [2.05, 4.69) is 5.32 Å². The normalized spacial score (nSPS) is 18.9. The highest BCUT2D eigenvalue weighted by atomic mass is 19.4. The van der Waals surface area contributed by atoms with Gasteiger partial charge in [0.25, 0.3) is 0 Å². The first-order chi connectivity index (χ1) is 12.1. The molecule has 1 fully saturated rings. The van der Waals surface area contributed by atoms with Crippen LogP contribution >= 0.6 is 0 Å². The Labute approximate surface area is 144 Å². The summed E-state index contributed by atoms with van der Waals surface area (Å²) in [5.74, 6) is -0.676. The van der Waals surface area contributed by atoms with Gasteiger partial charge in [-0.2, -0.15) is 26.3 Å². The Bertz CT molecular complexity index is 631. The summed E-state index contributed by atoms with van der Waals surface area (Å²) in [6.45, 7) is 1.22. The van der Waals surface area contributed by atoms with Gasteiger partial charge >= 0.3 is 12.4 Å². The fourth-order valence-corrected chi connectivity index (χ4v) is 2.17. The zero-order valence-corrected chi connectivity index (χ0v) is 13.3. The third kappa shape index (κ3) is 6.03. The maximum atomic E-state index is 12.8. The zero-order valence-electron chi connectivity index (χ0n) is 13.3. The molecule has 1 aromatic carbocycles. The Morgan fingerprint density at radius 1 is 1.08 bits per heavy atom. The molecule has 1 N–H and O–H groups in total. The maximum absolute atomic E-state index is 12.8. The maximum Gasteiger partial charge on any atom is 0.416 e. The first-order valence-electron chi connectivity index (χ1n) is 7.50. The van der Waals surface area contributed by atoms with Gasteiger partial charge in [-0.25, -0.2) is 0 Å². The summed E-state index contributed by atoms with van der Waals surface area (Å²) in [4.78, 5) is 11.7. The minimum atomic E-state index is -4.94. The number of nitrogens with one attached hydrogen (secondary N) is 1. The average Bonchev–Trinajstić information content (AvgIpc) is 2.57. The molecule has 1 heterocycles. The monoisotopic (exact) mass is 383 g/mol. The molecule has 1 unspecified atom stereocenters. The van der Waals surface area contributed by atoms with Gasteiger partial charge in [0.1, 0.15) is 0 Å². The van der Waals surface area contributed by atoms with E-state index >= 15 is 0 Å². The van der Waals surface area contributed by atoms with Crippen LogP contribution in [0.5, 0.6) is 0 Å². The van der Waals surface area contributed by atoms with Gasteiger partial charge < -0.3 is 14.8 Å². The van der Waals surface area contributed by atoms with Crippen LogP contribution in [0.15, 0.2) is 24.3 Å². The van der Waals surface area contributed by atoms with Crippen molar-refractivity contribution >= 4 is 12.0 Å². The summed E-state index contributed by atoms with van der Waals surface area (Å²) < 4.78 is 87.0. The number of hydrogen-bond acceptors (Lipinski definition) is 3. The summed E-state index contributed by atoms with van der Waals surface area (Å²) >= 11 is 0. The van der Waals surface area contributed by atoms with E-state index in [0.29, 0.717) is 25.3 Å². The Morgan fingerprint density at radius 3 is 2.19 bits per heavy atom. The molecule has 2 rings (SSSR count).